The minimum atomic E-state index is -1.16. The summed E-state index contributed by atoms with van der Waals surface area (Å²) in [6.45, 7) is 4.51. The first-order valence-electron chi connectivity index (χ1n) is 11.3. The van der Waals surface area contributed by atoms with Crippen molar-refractivity contribution in [2.24, 2.45) is 0 Å². The number of hydrogen-bond acceptors (Lipinski definition) is 4. The van der Waals surface area contributed by atoms with Crippen molar-refractivity contribution in [3.05, 3.63) is 0 Å². The van der Waals surface area contributed by atoms with Gasteiger partial charge < -0.3 is 14.9 Å². The van der Waals surface area contributed by atoms with Crippen LogP contribution in [0, 0.1) is 0 Å². The van der Waals surface area contributed by atoms with E-state index in [1.165, 1.54) is 64.2 Å². The molecule has 0 aliphatic heterocycles. The third-order valence-corrected chi connectivity index (χ3v) is 5.08. The van der Waals surface area contributed by atoms with Crippen LogP contribution in [0.3, 0.4) is 0 Å². The molecule has 0 saturated heterocycles. The highest BCUT2D eigenvalue weighted by Gasteiger charge is 2.20. The molecule has 0 aliphatic carbocycles. The lowest BCUT2D eigenvalue weighted by molar-refractivity contribution is -0.146. The van der Waals surface area contributed by atoms with Crippen molar-refractivity contribution in [1.82, 2.24) is 5.32 Å². The quantitative estimate of drug-likeness (QED) is 0.177. The van der Waals surface area contributed by atoms with Gasteiger partial charge in [-0.25, -0.2) is 0 Å². The number of carboxylic acids is 2. The Morgan fingerprint density at radius 2 is 1.25 bits per heavy atom. The third kappa shape index (κ3) is 17.0. The molecule has 6 nitrogen and oxygen atoms in total. The second-order valence-corrected chi connectivity index (χ2v) is 7.74. The SMILES string of the molecule is CCCCCCCCCC(CCCCCCC)OCNC(CC(=O)O)C(=O)O. The fourth-order valence-corrected chi connectivity index (χ4v) is 3.30. The van der Waals surface area contributed by atoms with Gasteiger partial charge in [-0.3, -0.25) is 14.9 Å². The van der Waals surface area contributed by atoms with Crippen molar-refractivity contribution in [3.63, 3.8) is 0 Å². The minimum Gasteiger partial charge on any atom is -0.481 e. The molecule has 0 aliphatic rings. The second kappa shape index (κ2) is 19.2. The van der Waals surface area contributed by atoms with Gasteiger partial charge in [0.1, 0.15) is 6.04 Å². The molecule has 0 aromatic heterocycles. The predicted octanol–water partition coefficient (Wildman–Crippen LogP) is 5.35. The monoisotopic (exact) mass is 401 g/mol. The molecule has 0 bridgehead atoms. The van der Waals surface area contributed by atoms with E-state index in [2.05, 4.69) is 19.2 Å². The first-order chi connectivity index (χ1) is 13.5. The van der Waals surface area contributed by atoms with Gasteiger partial charge in [-0.15, -0.1) is 0 Å². The van der Waals surface area contributed by atoms with Gasteiger partial charge in [-0.2, -0.15) is 0 Å². The molecule has 0 fully saturated rings. The van der Waals surface area contributed by atoms with E-state index < -0.39 is 24.4 Å². The van der Waals surface area contributed by atoms with Crippen LogP contribution < -0.4 is 5.32 Å². The molecule has 0 aromatic carbocycles. The number of rotatable bonds is 21. The van der Waals surface area contributed by atoms with Crippen LogP contribution in [0.1, 0.15) is 110 Å². The summed E-state index contributed by atoms with van der Waals surface area (Å²) in [7, 11) is 0. The first-order valence-corrected chi connectivity index (χ1v) is 11.3. The molecule has 2 unspecified atom stereocenters. The summed E-state index contributed by atoms with van der Waals surface area (Å²) in [5.74, 6) is -2.29. The molecule has 0 aromatic rings. The zero-order valence-electron chi connectivity index (χ0n) is 18.1. The van der Waals surface area contributed by atoms with Crippen LogP contribution >= 0.6 is 0 Å². The molecule has 0 rings (SSSR count). The Balaban J connectivity index is 4.19. The van der Waals surface area contributed by atoms with Gasteiger partial charge in [0.05, 0.1) is 19.3 Å². The van der Waals surface area contributed by atoms with Gasteiger partial charge in [0.25, 0.3) is 0 Å². The molecule has 0 amide bonds. The summed E-state index contributed by atoms with van der Waals surface area (Å²) in [4.78, 5) is 21.9. The van der Waals surface area contributed by atoms with E-state index in [0.29, 0.717) is 0 Å². The van der Waals surface area contributed by atoms with Crippen molar-refractivity contribution < 1.29 is 24.5 Å². The second-order valence-electron chi connectivity index (χ2n) is 7.74. The Kier molecular flexibility index (Phi) is 18.4. The van der Waals surface area contributed by atoms with Crippen molar-refractivity contribution in [3.8, 4) is 0 Å². The summed E-state index contributed by atoms with van der Waals surface area (Å²) in [6, 6.07) is -1.11. The lowest BCUT2D eigenvalue weighted by Crippen LogP contribution is -2.40. The summed E-state index contributed by atoms with van der Waals surface area (Å²) < 4.78 is 5.89. The number of carbonyl (C=O) groups is 2. The zero-order chi connectivity index (χ0) is 21.0. The Bertz CT molecular complexity index is 389. The van der Waals surface area contributed by atoms with Crippen molar-refractivity contribution in [2.75, 3.05) is 6.73 Å². The number of aliphatic carboxylic acids is 2. The summed E-state index contributed by atoms with van der Waals surface area (Å²) in [5.41, 5.74) is 0. The fraction of sp³-hybridized carbons (Fsp3) is 0.909. The fourth-order valence-electron chi connectivity index (χ4n) is 3.30. The Morgan fingerprint density at radius 1 is 0.786 bits per heavy atom. The molecule has 166 valence electrons. The van der Waals surface area contributed by atoms with Crippen LogP contribution in [0.5, 0.6) is 0 Å². The molecule has 0 radical (unpaired) electrons. The maximum absolute atomic E-state index is 11.1. The van der Waals surface area contributed by atoms with Gasteiger partial charge in [0, 0.05) is 0 Å². The van der Waals surface area contributed by atoms with Crippen LogP contribution in [0.4, 0.5) is 0 Å². The van der Waals surface area contributed by atoms with Crippen molar-refractivity contribution in [1.29, 1.82) is 0 Å². The van der Waals surface area contributed by atoms with Crippen LogP contribution in [-0.2, 0) is 14.3 Å². The number of unbranched alkanes of at least 4 members (excludes halogenated alkanes) is 10. The van der Waals surface area contributed by atoms with Gasteiger partial charge in [-0.1, -0.05) is 90.9 Å². The summed E-state index contributed by atoms with van der Waals surface area (Å²) >= 11 is 0. The van der Waals surface area contributed by atoms with Gasteiger partial charge in [0.2, 0.25) is 0 Å². The highest BCUT2D eigenvalue weighted by atomic mass is 16.5. The average Bonchev–Trinajstić information content (AvgIpc) is 2.65. The van der Waals surface area contributed by atoms with E-state index in [1.54, 1.807) is 0 Å². The highest BCUT2D eigenvalue weighted by Crippen LogP contribution is 2.16. The molecule has 0 spiro atoms. The van der Waals surface area contributed by atoms with Gasteiger partial charge in [-0.05, 0) is 12.8 Å². The third-order valence-electron chi connectivity index (χ3n) is 5.08. The zero-order valence-corrected chi connectivity index (χ0v) is 18.1. The molecular weight excluding hydrogens is 358 g/mol. The summed E-state index contributed by atoms with van der Waals surface area (Å²) in [5, 5.41) is 20.6. The molecule has 2 atom stereocenters. The molecule has 0 heterocycles. The maximum Gasteiger partial charge on any atom is 0.321 e. The normalized spacial score (nSPS) is 13.4. The Morgan fingerprint density at radius 3 is 1.68 bits per heavy atom. The van der Waals surface area contributed by atoms with E-state index in [0.717, 1.165) is 25.7 Å². The van der Waals surface area contributed by atoms with E-state index in [-0.39, 0.29) is 12.8 Å². The minimum absolute atomic E-state index is 0.0837. The van der Waals surface area contributed by atoms with Crippen molar-refractivity contribution >= 4 is 11.9 Å². The number of carboxylic acid groups (broad SMARTS) is 2. The van der Waals surface area contributed by atoms with Crippen molar-refractivity contribution in [2.45, 2.75) is 122 Å². The van der Waals surface area contributed by atoms with Crippen LogP contribution in [-0.4, -0.2) is 41.0 Å². The van der Waals surface area contributed by atoms with E-state index in [9.17, 15) is 9.59 Å². The molecule has 6 heteroatoms. The molecule has 0 saturated carbocycles. The Hall–Kier alpha value is -1.14. The van der Waals surface area contributed by atoms with Crippen LogP contribution in [0.15, 0.2) is 0 Å². The summed E-state index contributed by atoms with van der Waals surface area (Å²) in [6.07, 6.45) is 16.5. The molecule has 3 N–H and O–H groups in total. The lowest BCUT2D eigenvalue weighted by Gasteiger charge is -2.20. The first kappa shape index (κ1) is 26.9. The van der Waals surface area contributed by atoms with Gasteiger partial charge >= 0.3 is 11.9 Å². The largest absolute Gasteiger partial charge is 0.481 e. The number of hydrogen-bond donors (Lipinski definition) is 3. The number of ether oxygens (including phenoxy) is 1. The van der Waals surface area contributed by atoms with Crippen LogP contribution in [0.25, 0.3) is 0 Å². The molecular formula is C22H43NO5. The average molecular weight is 402 g/mol. The predicted molar refractivity (Wildman–Crippen MR) is 113 cm³/mol. The van der Waals surface area contributed by atoms with E-state index >= 15 is 0 Å². The van der Waals surface area contributed by atoms with E-state index in [4.69, 9.17) is 14.9 Å². The number of nitrogens with one attached hydrogen (secondary N) is 1. The topological polar surface area (TPSA) is 95.9 Å². The Labute approximate surface area is 171 Å². The van der Waals surface area contributed by atoms with Crippen LogP contribution in [0.2, 0.25) is 0 Å². The molecule has 28 heavy (non-hydrogen) atoms. The van der Waals surface area contributed by atoms with Gasteiger partial charge in [0.15, 0.2) is 0 Å². The van der Waals surface area contributed by atoms with E-state index in [1.807, 2.05) is 0 Å². The maximum atomic E-state index is 11.1. The highest BCUT2D eigenvalue weighted by molar-refractivity contribution is 5.80. The smallest absolute Gasteiger partial charge is 0.321 e. The lowest BCUT2D eigenvalue weighted by atomic mass is 10.0. The standard InChI is InChI=1S/C22H43NO5/c1-3-5-7-9-10-12-14-16-19(15-13-11-8-6-4-2)28-18-23-20(22(26)27)17-21(24)25/h19-20,23H,3-18H2,1-2H3,(H,24,25)(H,26,27).